The standard InChI is InChI=1S/C23H18N2O2/c1-23(2,3)19-10-16-9-17(13-24)18(14-25)11-20(16)21(12-19)27-22(26)15-7-5-4-6-8-15/h4-12H,1-3H3. The van der Waals surface area contributed by atoms with E-state index in [1.54, 1.807) is 36.4 Å². The molecule has 0 N–H and O–H groups in total. The van der Waals surface area contributed by atoms with Crippen LogP contribution in [0.2, 0.25) is 0 Å². The molecule has 0 fully saturated rings. The van der Waals surface area contributed by atoms with E-state index in [-0.39, 0.29) is 11.0 Å². The van der Waals surface area contributed by atoms with Gasteiger partial charge in [0.25, 0.3) is 0 Å². The summed E-state index contributed by atoms with van der Waals surface area (Å²) in [7, 11) is 0. The van der Waals surface area contributed by atoms with Crippen LogP contribution in [-0.2, 0) is 5.41 Å². The summed E-state index contributed by atoms with van der Waals surface area (Å²) >= 11 is 0. The molecule has 3 aromatic rings. The van der Waals surface area contributed by atoms with Gasteiger partial charge in [0, 0.05) is 5.39 Å². The summed E-state index contributed by atoms with van der Waals surface area (Å²) in [6, 6.07) is 19.9. The molecule has 3 rings (SSSR count). The van der Waals surface area contributed by atoms with E-state index in [1.165, 1.54) is 0 Å². The lowest BCUT2D eigenvalue weighted by molar-refractivity contribution is 0.0737. The Morgan fingerprint density at radius 2 is 1.56 bits per heavy atom. The smallest absolute Gasteiger partial charge is 0.343 e. The number of carbonyl (C=O) groups is 1. The monoisotopic (exact) mass is 354 g/mol. The maximum atomic E-state index is 12.6. The van der Waals surface area contributed by atoms with E-state index < -0.39 is 5.97 Å². The zero-order valence-corrected chi connectivity index (χ0v) is 15.4. The van der Waals surface area contributed by atoms with E-state index in [2.05, 4.69) is 26.8 Å². The fourth-order valence-electron chi connectivity index (χ4n) is 2.81. The molecular formula is C23H18N2O2. The van der Waals surface area contributed by atoms with E-state index in [4.69, 9.17) is 4.74 Å². The van der Waals surface area contributed by atoms with Crippen LogP contribution in [-0.4, -0.2) is 5.97 Å². The highest BCUT2D eigenvalue weighted by Crippen LogP contribution is 2.35. The molecule has 4 nitrogen and oxygen atoms in total. The maximum absolute atomic E-state index is 12.6. The van der Waals surface area contributed by atoms with E-state index in [9.17, 15) is 15.3 Å². The fourth-order valence-corrected chi connectivity index (χ4v) is 2.81. The first-order chi connectivity index (χ1) is 12.8. The SMILES string of the molecule is CC(C)(C)c1cc(OC(=O)c2ccccc2)c2cc(C#N)c(C#N)cc2c1. The van der Waals surface area contributed by atoms with Gasteiger partial charge in [-0.1, -0.05) is 45.0 Å². The lowest BCUT2D eigenvalue weighted by Gasteiger charge is -2.21. The van der Waals surface area contributed by atoms with E-state index in [0.29, 0.717) is 22.3 Å². The van der Waals surface area contributed by atoms with Crippen molar-refractivity contribution in [3.63, 3.8) is 0 Å². The second kappa shape index (κ2) is 6.94. The van der Waals surface area contributed by atoms with Crippen molar-refractivity contribution in [1.29, 1.82) is 10.5 Å². The molecule has 0 saturated carbocycles. The predicted molar refractivity (Wildman–Crippen MR) is 103 cm³/mol. The van der Waals surface area contributed by atoms with Crippen LogP contribution < -0.4 is 4.74 Å². The Balaban J connectivity index is 2.21. The molecule has 0 aliphatic rings. The molecule has 0 radical (unpaired) electrons. The second-order valence-corrected chi connectivity index (χ2v) is 7.32. The zero-order chi connectivity index (χ0) is 19.6. The Labute approximate surface area is 158 Å². The first-order valence-corrected chi connectivity index (χ1v) is 8.53. The van der Waals surface area contributed by atoms with Gasteiger partial charge in [-0.05, 0) is 46.7 Å². The number of benzene rings is 3. The first kappa shape index (κ1) is 18.2. The fraction of sp³-hybridized carbons (Fsp3) is 0.174. The van der Waals surface area contributed by atoms with Crippen molar-refractivity contribution in [1.82, 2.24) is 0 Å². The minimum Gasteiger partial charge on any atom is -0.422 e. The third-order valence-electron chi connectivity index (χ3n) is 4.37. The van der Waals surface area contributed by atoms with Gasteiger partial charge in [-0.25, -0.2) is 4.79 Å². The van der Waals surface area contributed by atoms with Gasteiger partial charge in [0.2, 0.25) is 0 Å². The van der Waals surface area contributed by atoms with Crippen LogP contribution in [0, 0.1) is 22.7 Å². The van der Waals surface area contributed by atoms with E-state index >= 15 is 0 Å². The molecule has 3 aromatic carbocycles. The highest BCUT2D eigenvalue weighted by molar-refractivity contribution is 5.97. The number of ether oxygens (including phenoxy) is 1. The highest BCUT2D eigenvalue weighted by Gasteiger charge is 2.20. The number of nitriles is 2. The van der Waals surface area contributed by atoms with Crippen LogP contribution in [0.3, 0.4) is 0 Å². The summed E-state index contributed by atoms with van der Waals surface area (Å²) in [4.78, 5) is 12.6. The Morgan fingerprint density at radius 1 is 0.926 bits per heavy atom. The number of rotatable bonds is 2. The molecular weight excluding hydrogens is 336 g/mol. The van der Waals surface area contributed by atoms with Gasteiger partial charge in [0.15, 0.2) is 0 Å². The minimum absolute atomic E-state index is 0.178. The van der Waals surface area contributed by atoms with Crippen LogP contribution in [0.25, 0.3) is 10.8 Å². The summed E-state index contributed by atoms with van der Waals surface area (Å²) in [6.07, 6.45) is 0. The van der Waals surface area contributed by atoms with Crippen molar-refractivity contribution in [3.8, 4) is 17.9 Å². The van der Waals surface area contributed by atoms with Crippen LogP contribution in [0.1, 0.15) is 47.8 Å². The normalized spacial score (nSPS) is 10.9. The summed E-state index contributed by atoms with van der Waals surface area (Å²) < 4.78 is 5.69. The highest BCUT2D eigenvalue weighted by atomic mass is 16.5. The number of fused-ring (bicyclic) bond motifs is 1. The second-order valence-electron chi connectivity index (χ2n) is 7.32. The molecule has 0 spiro atoms. The van der Waals surface area contributed by atoms with Gasteiger partial charge in [-0.2, -0.15) is 10.5 Å². The molecule has 0 saturated heterocycles. The Morgan fingerprint density at radius 3 is 2.15 bits per heavy atom. The van der Waals surface area contributed by atoms with Crippen LogP contribution in [0.4, 0.5) is 0 Å². The van der Waals surface area contributed by atoms with Gasteiger partial charge in [0.1, 0.15) is 17.9 Å². The van der Waals surface area contributed by atoms with Crippen molar-refractivity contribution in [2.45, 2.75) is 26.2 Å². The van der Waals surface area contributed by atoms with Gasteiger partial charge in [-0.15, -0.1) is 0 Å². The molecule has 0 bridgehead atoms. The van der Waals surface area contributed by atoms with Gasteiger partial charge in [0.05, 0.1) is 16.7 Å². The number of nitrogens with zero attached hydrogens (tertiary/aromatic N) is 2. The third kappa shape index (κ3) is 3.66. The summed E-state index contributed by atoms with van der Waals surface area (Å²) in [5.74, 6) is -0.0851. The number of hydrogen-bond acceptors (Lipinski definition) is 4. The number of hydrogen-bond donors (Lipinski definition) is 0. The number of carbonyl (C=O) groups excluding carboxylic acids is 1. The lowest BCUT2D eigenvalue weighted by Crippen LogP contribution is -2.13. The molecule has 0 amide bonds. The van der Waals surface area contributed by atoms with Gasteiger partial charge in [-0.3, -0.25) is 0 Å². The molecule has 0 atom stereocenters. The van der Waals surface area contributed by atoms with Crippen LogP contribution in [0.15, 0.2) is 54.6 Å². The average Bonchev–Trinajstić information content (AvgIpc) is 2.66. The molecule has 4 heteroatoms. The minimum atomic E-state index is -0.467. The molecule has 0 aliphatic heterocycles. The van der Waals surface area contributed by atoms with Crippen molar-refractivity contribution in [2.24, 2.45) is 0 Å². The molecule has 0 unspecified atom stereocenters. The average molecular weight is 354 g/mol. The Bertz CT molecular complexity index is 1110. The summed E-state index contributed by atoms with van der Waals surface area (Å²) in [6.45, 7) is 6.18. The van der Waals surface area contributed by atoms with Crippen molar-refractivity contribution >= 4 is 16.7 Å². The van der Waals surface area contributed by atoms with E-state index in [1.807, 2.05) is 24.3 Å². The Hall–Kier alpha value is -3.63. The largest absolute Gasteiger partial charge is 0.422 e. The topological polar surface area (TPSA) is 73.9 Å². The third-order valence-corrected chi connectivity index (χ3v) is 4.37. The lowest BCUT2D eigenvalue weighted by atomic mass is 9.85. The van der Waals surface area contributed by atoms with Crippen molar-refractivity contribution in [2.75, 3.05) is 0 Å². The number of esters is 1. The van der Waals surface area contributed by atoms with Gasteiger partial charge >= 0.3 is 5.97 Å². The molecule has 27 heavy (non-hydrogen) atoms. The molecule has 132 valence electrons. The van der Waals surface area contributed by atoms with E-state index in [0.717, 1.165) is 10.9 Å². The summed E-state index contributed by atoms with van der Waals surface area (Å²) in [5, 5.41) is 20.0. The molecule has 0 aliphatic carbocycles. The van der Waals surface area contributed by atoms with Crippen LogP contribution in [0.5, 0.6) is 5.75 Å². The summed E-state index contributed by atoms with van der Waals surface area (Å²) in [5.41, 5.74) is 1.80. The first-order valence-electron chi connectivity index (χ1n) is 8.53. The van der Waals surface area contributed by atoms with Gasteiger partial charge < -0.3 is 4.74 Å². The molecule has 0 aromatic heterocycles. The van der Waals surface area contributed by atoms with Crippen molar-refractivity contribution < 1.29 is 9.53 Å². The van der Waals surface area contributed by atoms with Crippen molar-refractivity contribution in [3.05, 3.63) is 76.9 Å². The molecule has 0 heterocycles. The maximum Gasteiger partial charge on any atom is 0.343 e. The quantitative estimate of drug-likeness (QED) is 0.474. The zero-order valence-electron chi connectivity index (χ0n) is 15.4. The van der Waals surface area contributed by atoms with Crippen LogP contribution >= 0.6 is 0 Å². The Kier molecular flexibility index (Phi) is 4.67. The predicted octanol–water partition coefficient (Wildman–Crippen LogP) is 5.10.